The van der Waals surface area contributed by atoms with Crippen LogP contribution in [-0.4, -0.2) is 0 Å². The molecule has 0 N–H and O–H groups in total. The van der Waals surface area contributed by atoms with E-state index in [0.717, 1.165) is 29.1 Å². The molecular formula is C17H28. The second-order valence-corrected chi connectivity index (χ2v) is 8.10. The summed E-state index contributed by atoms with van der Waals surface area (Å²) in [4.78, 5) is 0. The van der Waals surface area contributed by atoms with Crippen molar-refractivity contribution in [2.24, 2.45) is 40.9 Å². The van der Waals surface area contributed by atoms with Gasteiger partial charge in [-0.2, -0.15) is 0 Å². The van der Waals surface area contributed by atoms with Crippen LogP contribution in [0.15, 0.2) is 0 Å². The van der Waals surface area contributed by atoms with Gasteiger partial charge in [-0.25, -0.2) is 0 Å². The zero-order valence-corrected chi connectivity index (χ0v) is 11.6. The Morgan fingerprint density at radius 2 is 1.76 bits per heavy atom. The molecule has 4 saturated carbocycles. The number of hydrogen-bond acceptors (Lipinski definition) is 0. The average molecular weight is 232 g/mol. The Balaban J connectivity index is 1.59. The minimum absolute atomic E-state index is 0.865. The minimum atomic E-state index is 0.865. The van der Waals surface area contributed by atoms with Gasteiger partial charge in [0.05, 0.1) is 0 Å². The lowest BCUT2D eigenvalue weighted by Crippen LogP contribution is -2.51. The van der Waals surface area contributed by atoms with Gasteiger partial charge in [0.2, 0.25) is 0 Å². The summed E-state index contributed by atoms with van der Waals surface area (Å²) in [6, 6.07) is 0. The fraction of sp³-hybridized carbons (Fsp3) is 1.00. The van der Waals surface area contributed by atoms with E-state index in [2.05, 4.69) is 13.8 Å². The Morgan fingerprint density at radius 3 is 2.47 bits per heavy atom. The van der Waals surface area contributed by atoms with Gasteiger partial charge in [-0.15, -0.1) is 0 Å². The van der Waals surface area contributed by atoms with Crippen LogP contribution < -0.4 is 0 Å². The quantitative estimate of drug-likeness (QED) is 0.604. The second-order valence-electron chi connectivity index (χ2n) is 8.10. The predicted octanol–water partition coefficient (Wildman–Crippen LogP) is 4.89. The molecule has 0 aromatic heterocycles. The zero-order chi connectivity index (χ0) is 11.6. The third kappa shape index (κ3) is 1.31. The van der Waals surface area contributed by atoms with Gasteiger partial charge in [0, 0.05) is 0 Å². The Morgan fingerprint density at radius 1 is 1.00 bits per heavy atom. The van der Waals surface area contributed by atoms with E-state index in [1.54, 1.807) is 51.4 Å². The molecule has 0 aromatic rings. The van der Waals surface area contributed by atoms with Crippen molar-refractivity contribution in [1.29, 1.82) is 0 Å². The zero-order valence-electron chi connectivity index (χ0n) is 11.6. The van der Waals surface area contributed by atoms with Crippen molar-refractivity contribution in [1.82, 2.24) is 0 Å². The molecule has 4 fully saturated rings. The first-order chi connectivity index (χ1) is 8.21. The molecule has 4 aliphatic carbocycles. The molecular weight excluding hydrogens is 204 g/mol. The molecule has 0 aliphatic heterocycles. The first kappa shape index (κ1) is 10.9. The van der Waals surface area contributed by atoms with E-state index < -0.39 is 0 Å². The highest BCUT2D eigenvalue weighted by molar-refractivity contribution is 5.12. The van der Waals surface area contributed by atoms with Crippen molar-refractivity contribution in [2.75, 3.05) is 0 Å². The summed E-state index contributed by atoms with van der Waals surface area (Å²) in [6.07, 6.45) is 12.7. The van der Waals surface area contributed by atoms with E-state index in [-0.39, 0.29) is 0 Å². The smallest absolute Gasteiger partial charge is 0.0266 e. The van der Waals surface area contributed by atoms with E-state index in [9.17, 15) is 0 Å². The van der Waals surface area contributed by atoms with Gasteiger partial charge in [-0.05, 0) is 79.4 Å². The number of fused-ring (bicyclic) bond motifs is 1. The monoisotopic (exact) mass is 232 g/mol. The summed E-state index contributed by atoms with van der Waals surface area (Å²) in [5.74, 6) is 6.72. The largest absolute Gasteiger partial charge is 0.0625 e. The molecule has 0 radical (unpaired) electrons. The van der Waals surface area contributed by atoms with Crippen LogP contribution in [0.5, 0.6) is 0 Å². The summed E-state index contributed by atoms with van der Waals surface area (Å²) in [5, 5.41) is 0. The normalized spacial score (nSPS) is 50.6. The van der Waals surface area contributed by atoms with Gasteiger partial charge in [0.15, 0.2) is 0 Å². The van der Waals surface area contributed by atoms with Gasteiger partial charge in [0.1, 0.15) is 0 Å². The first-order valence-corrected chi connectivity index (χ1v) is 8.21. The van der Waals surface area contributed by atoms with Crippen LogP contribution in [0, 0.1) is 40.9 Å². The van der Waals surface area contributed by atoms with Crippen LogP contribution in [-0.2, 0) is 0 Å². The molecule has 0 amide bonds. The van der Waals surface area contributed by atoms with E-state index in [4.69, 9.17) is 0 Å². The SMILES string of the molecule is CC(C)C1C[C@H]2CCC3(CCCC3)C3CC1[C@@H]32. The van der Waals surface area contributed by atoms with Crippen molar-refractivity contribution in [3.05, 3.63) is 0 Å². The Labute approximate surface area is 107 Å². The Hall–Kier alpha value is 0. The molecule has 96 valence electrons. The highest BCUT2D eigenvalue weighted by atomic mass is 14.7. The third-order valence-corrected chi connectivity index (χ3v) is 7.41. The van der Waals surface area contributed by atoms with Crippen molar-refractivity contribution >= 4 is 0 Å². The van der Waals surface area contributed by atoms with Crippen molar-refractivity contribution in [2.45, 2.75) is 65.2 Å². The summed E-state index contributed by atoms with van der Waals surface area (Å²) in [6.45, 7) is 4.95. The fourth-order valence-corrected chi connectivity index (χ4v) is 6.62. The van der Waals surface area contributed by atoms with Crippen LogP contribution in [0.25, 0.3) is 0 Å². The van der Waals surface area contributed by atoms with Crippen LogP contribution in [0.2, 0.25) is 0 Å². The van der Waals surface area contributed by atoms with Gasteiger partial charge in [-0.1, -0.05) is 26.7 Å². The summed E-state index contributed by atoms with van der Waals surface area (Å²) in [7, 11) is 0. The second kappa shape index (κ2) is 3.52. The molecule has 17 heavy (non-hydrogen) atoms. The van der Waals surface area contributed by atoms with Gasteiger partial charge < -0.3 is 0 Å². The van der Waals surface area contributed by atoms with E-state index in [1.165, 1.54) is 11.8 Å². The fourth-order valence-electron chi connectivity index (χ4n) is 6.62. The van der Waals surface area contributed by atoms with E-state index >= 15 is 0 Å². The molecule has 0 saturated heterocycles. The number of hydrogen-bond donors (Lipinski definition) is 0. The molecule has 0 heteroatoms. The van der Waals surface area contributed by atoms with Crippen LogP contribution in [0.3, 0.4) is 0 Å². The molecule has 0 nitrogen and oxygen atoms in total. The minimum Gasteiger partial charge on any atom is -0.0625 e. The maximum atomic E-state index is 2.47. The molecule has 4 aliphatic rings. The molecule has 4 rings (SSSR count). The standard InChI is InChI=1S/C17H28/c1-11(2)13-9-12-5-8-17(6-3-4-7-17)15-10-14(13)16(12)15/h11-16H,3-10H2,1-2H3/t12-,13?,14?,15?,16+/m1/s1. The molecule has 5 atom stereocenters. The number of rotatable bonds is 1. The highest BCUT2D eigenvalue weighted by Gasteiger charge is 2.63. The summed E-state index contributed by atoms with van der Waals surface area (Å²) >= 11 is 0. The van der Waals surface area contributed by atoms with Crippen LogP contribution in [0.1, 0.15) is 65.2 Å². The van der Waals surface area contributed by atoms with Crippen LogP contribution >= 0.6 is 0 Å². The molecule has 0 heterocycles. The highest BCUT2D eigenvalue weighted by Crippen LogP contribution is 2.71. The lowest BCUT2D eigenvalue weighted by Gasteiger charge is -2.58. The van der Waals surface area contributed by atoms with Crippen molar-refractivity contribution < 1.29 is 0 Å². The van der Waals surface area contributed by atoms with Gasteiger partial charge in [-0.3, -0.25) is 0 Å². The van der Waals surface area contributed by atoms with Gasteiger partial charge in [0.25, 0.3) is 0 Å². The van der Waals surface area contributed by atoms with Crippen molar-refractivity contribution in [3.8, 4) is 0 Å². The third-order valence-electron chi connectivity index (χ3n) is 7.41. The molecule has 0 bridgehead atoms. The topological polar surface area (TPSA) is 0 Å². The maximum Gasteiger partial charge on any atom is -0.0266 e. The summed E-state index contributed by atoms with van der Waals surface area (Å²) < 4.78 is 0. The molecule has 1 spiro atoms. The maximum absolute atomic E-state index is 2.47. The van der Waals surface area contributed by atoms with Crippen LogP contribution in [0.4, 0.5) is 0 Å². The predicted molar refractivity (Wildman–Crippen MR) is 71.7 cm³/mol. The van der Waals surface area contributed by atoms with Crippen molar-refractivity contribution in [3.63, 3.8) is 0 Å². The lowest BCUT2D eigenvalue weighted by molar-refractivity contribution is -0.0902. The van der Waals surface area contributed by atoms with Gasteiger partial charge >= 0.3 is 0 Å². The molecule has 3 unspecified atom stereocenters. The lowest BCUT2D eigenvalue weighted by atomic mass is 9.47. The van der Waals surface area contributed by atoms with E-state index in [1.807, 2.05) is 0 Å². The molecule has 0 aromatic carbocycles. The Kier molecular flexibility index (Phi) is 2.25. The van der Waals surface area contributed by atoms with E-state index in [0.29, 0.717) is 0 Å². The summed E-state index contributed by atoms with van der Waals surface area (Å²) in [5.41, 5.74) is 0.865. The first-order valence-electron chi connectivity index (χ1n) is 8.21. The average Bonchev–Trinajstić information content (AvgIpc) is 2.82. The Bertz CT molecular complexity index is 310.